The molecule has 4 nitrogen and oxygen atoms in total. The maximum atomic E-state index is 5.52. The van der Waals surface area contributed by atoms with E-state index < -0.39 is 0 Å². The molecule has 0 amide bonds. The molecule has 0 bridgehead atoms. The fourth-order valence-electron chi connectivity index (χ4n) is 1.78. The van der Waals surface area contributed by atoms with E-state index in [1.54, 1.807) is 7.11 Å². The Morgan fingerprint density at radius 2 is 2.18 bits per heavy atom. The first-order chi connectivity index (χ1) is 8.36. The van der Waals surface area contributed by atoms with Crippen LogP contribution in [0.5, 0.6) is 0 Å². The van der Waals surface area contributed by atoms with E-state index in [1.807, 2.05) is 24.5 Å². The summed E-state index contributed by atoms with van der Waals surface area (Å²) in [6, 6.07) is 4.50. The summed E-state index contributed by atoms with van der Waals surface area (Å²) in [4.78, 5) is 4.00. The van der Waals surface area contributed by atoms with Crippen molar-refractivity contribution in [3.63, 3.8) is 0 Å². The van der Waals surface area contributed by atoms with E-state index in [4.69, 9.17) is 10.5 Å². The summed E-state index contributed by atoms with van der Waals surface area (Å²) in [5.41, 5.74) is 6.83. The Kier molecular flexibility index (Phi) is 7.54. The monoisotopic (exact) mass is 237 g/mol. The zero-order valence-electron chi connectivity index (χ0n) is 10.6. The van der Waals surface area contributed by atoms with E-state index in [1.165, 1.54) is 5.56 Å². The Labute approximate surface area is 104 Å². The Morgan fingerprint density at radius 1 is 1.41 bits per heavy atom. The van der Waals surface area contributed by atoms with E-state index in [9.17, 15) is 0 Å². The van der Waals surface area contributed by atoms with Crippen LogP contribution in [0.4, 0.5) is 0 Å². The summed E-state index contributed by atoms with van der Waals surface area (Å²) in [6.07, 6.45) is 6.79. The number of rotatable bonds is 9. The normalized spacial score (nSPS) is 12.6. The lowest BCUT2D eigenvalue weighted by molar-refractivity contribution is 0.162. The average molecular weight is 237 g/mol. The van der Waals surface area contributed by atoms with Gasteiger partial charge in [-0.1, -0.05) is 0 Å². The molecule has 0 aliphatic rings. The molecule has 0 radical (unpaired) electrons. The van der Waals surface area contributed by atoms with Gasteiger partial charge in [-0.3, -0.25) is 4.98 Å². The largest absolute Gasteiger partial charge is 0.383 e. The van der Waals surface area contributed by atoms with Crippen molar-refractivity contribution in [2.75, 3.05) is 26.8 Å². The molecule has 1 atom stereocenters. The lowest BCUT2D eigenvalue weighted by Crippen LogP contribution is -2.35. The van der Waals surface area contributed by atoms with Gasteiger partial charge in [0.2, 0.25) is 0 Å². The fourth-order valence-corrected chi connectivity index (χ4v) is 1.78. The highest BCUT2D eigenvalue weighted by atomic mass is 16.5. The number of nitrogens with one attached hydrogen (secondary N) is 1. The van der Waals surface area contributed by atoms with E-state index in [-0.39, 0.29) is 0 Å². The van der Waals surface area contributed by atoms with Crippen molar-refractivity contribution in [3.8, 4) is 0 Å². The summed E-state index contributed by atoms with van der Waals surface area (Å²) in [6.45, 7) is 2.45. The lowest BCUT2D eigenvalue weighted by atomic mass is 10.1. The van der Waals surface area contributed by atoms with Crippen LogP contribution in [0.15, 0.2) is 24.5 Å². The topological polar surface area (TPSA) is 60.2 Å². The van der Waals surface area contributed by atoms with Crippen molar-refractivity contribution in [1.29, 1.82) is 0 Å². The van der Waals surface area contributed by atoms with Gasteiger partial charge in [0.15, 0.2) is 0 Å². The van der Waals surface area contributed by atoms with Crippen molar-refractivity contribution >= 4 is 0 Å². The van der Waals surface area contributed by atoms with Crippen LogP contribution < -0.4 is 11.1 Å². The van der Waals surface area contributed by atoms with Crippen molar-refractivity contribution in [2.24, 2.45) is 5.73 Å². The maximum Gasteiger partial charge on any atom is 0.0615 e. The third kappa shape index (κ3) is 6.36. The molecular formula is C13H23N3O. The number of methoxy groups -OCH3 is 1. The van der Waals surface area contributed by atoms with Gasteiger partial charge in [0, 0.05) is 25.5 Å². The van der Waals surface area contributed by atoms with Gasteiger partial charge in [0.1, 0.15) is 0 Å². The van der Waals surface area contributed by atoms with Crippen molar-refractivity contribution in [1.82, 2.24) is 10.3 Å². The first-order valence-corrected chi connectivity index (χ1v) is 6.18. The highest BCUT2D eigenvalue weighted by Crippen LogP contribution is 1.99. The van der Waals surface area contributed by atoms with Gasteiger partial charge in [0.05, 0.1) is 6.61 Å². The quantitative estimate of drug-likeness (QED) is 0.672. The number of hydrogen-bond donors (Lipinski definition) is 2. The summed E-state index contributed by atoms with van der Waals surface area (Å²) >= 11 is 0. The van der Waals surface area contributed by atoms with Gasteiger partial charge >= 0.3 is 0 Å². The molecule has 1 unspecified atom stereocenters. The van der Waals surface area contributed by atoms with Crippen molar-refractivity contribution in [2.45, 2.75) is 25.3 Å². The Morgan fingerprint density at radius 3 is 2.82 bits per heavy atom. The van der Waals surface area contributed by atoms with E-state index in [0.29, 0.717) is 6.04 Å². The molecule has 1 heterocycles. The Balaban J connectivity index is 2.22. The number of ether oxygens (including phenoxy) is 1. The smallest absolute Gasteiger partial charge is 0.0615 e. The number of pyridine rings is 1. The Hall–Kier alpha value is -0.970. The van der Waals surface area contributed by atoms with Gasteiger partial charge in [0.25, 0.3) is 0 Å². The molecule has 0 aliphatic heterocycles. The molecule has 17 heavy (non-hydrogen) atoms. The van der Waals surface area contributed by atoms with Crippen LogP contribution >= 0.6 is 0 Å². The van der Waals surface area contributed by atoms with Crippen LogP contribution in [-0.4, -0.2) is 37.8 Å². The molecule has 3 N–H and O–H groups in total. The van der Waals surface area contributed by atoms with Crippen LogP contribution in [0.25, 0.3) is 0 Å². The standard InChI is InChI=1S/C13H23N3O/c1-17-11-13(3-2-7-14)16-10-6-12-4-8-15-9-5-12/h4-5,8-9,13,16H,2-3,6-7,10-11,14H2,1H3. The Bertz CT molecular complexity index is 279. The molecule has 0 aromatic carbocycles. The van der Waals surface area contributed by atoms with Crippen molar-refractivity contribution in [3.05, 3.63) is 30.1 Å². The van der Waals surface area contributed by atoms with Crippen LogP contribution in [0.3, 0.4) is 0 Å². The lowest BCUT2D eigenvalue weighted by Gasteiger charge is -2.17. The molecule has 1 aromatic rings. The van der Waals surface area contributed by atoms with Gasteiger partial charge in [-0.2, -0.15) is 0 Å². The average Bonchev–Trinajstić information content (AvgIpc) is 2.37. The molecule has 0 fully saturated rings. The van der Waals surface area contributed by atoms with Crippen LogP contribution in [0.2, 0.25) is 0 Å². The molecule has 4 heteroatoms. The molecule has 0 saturated carbocycles. The van der Waals surface area contributed by atoms with E-state index in [2.05, 4.69) is 10.3 Å². The van der Waals surface area contributed by atoms with Gasteiger partial charge in [-0.15, -0.1) is 0 Å². The van der Waals surface area contributed by atoms with Gasteiger partial charge in [-0.05, 0) is 50.0 Å². The fraction of sp³-hybridized carbons (Fsp3) is 0.615. The SMILES string of the molecule is COCC(CCCN)NCCc1ccncc1. The van der Waals surface area contributed by atoms with E-state index in [0.717, 1.165) is 39.0 Å². The van der Waals surface area contributed by atoms with Gasteiger partial charge < -0.3 is 15.8 Å². The summed E-state index contributed by atoms with van der Waals surface area (Å²) in [5.74, 6) is 0. The predicted octanol–water partition coefficient (Wildman–Crippen LogP) is 0.968. The molecule has 0 aliphatic carbocycles. The highest BCUT2D eigenvalue weighted by Gasteiger charge is 2.06. The minimum absolute atomic E-state index is 0.408. The predicted molar refractivity (Wildman–Crippen MR) is 69.9 cm³/mol. The molecule has 1 aromatic heterocycles. The second-order valence-corrected chi connectivity index (χ2v) is 4.14. The summed E-state index contributed by atoms with van der Waals surface area (Å²) in [7, 11) is 1.74. The second kappa shape index (κ2) is 9.10. The first-order valence-electron chi connectivity index (χ1n) is 6.18. The third-order valence-electron chi connectivity index (χ3n) is 2.72. The maximum absolute atomic E-state index is 5.52. The van der Waals surface area contributed by atoms with Crippen LogP contribution in [-0.2, 0) is 11.2 Å². The first kappa shape index (κ1) is 14.1. The summed E-state index contributed by atoms with van der Waals surface area (Å²) in [5, 5.41) is 3.50. The highest BCUT2D eigenvalue weighted by molar-refractivity contribution is 5.09. The van der Waals surface area contributed by atoms with Crippen LogP contribution in [0.1, 0.15) is 18.4 Å². The number of nitrogens with zero attached hydrogens (tertiary/aromatic N) is 1. The minimum Gasteiger partial charge on any atom is -0.383 e. The second-order valence-electron chi connectivity index (χ2n) is 4.14. The number of aromatic nitrogens is 1. The molecule has 96 valence electrons. The zero-order valence-corrected chi connectivity index (χ0v) is 10.6. The van der Waals surface area contributed by atoms with Crippen LogP contribution in [0, 0.1) is 0 Å². The van der Waals surface area contributed by atoms with Crippen molar-refractivity contribution < 1.29 is 4.74 Å². The minimum atomic E-state index is 0.408. The molecular weight excluding hydrogens is 214 g/mol. The number of nitrogens with two attached hydrogens (primary N) is 1. The van der Waals surface area contributed by atoms with E-state index >= 15 is 0 Å². The molecule has 0 spiro atoms. The summed E-state index contributed by atoms with van der Waals surface area (Å²) < 4.78 is 5.19. The zero-order chi connectivity index (χ0) is 12.3. The third-order valence-corrected chi connectivity index (χ3v) is 2.72. The van der Waals surface area contributed by atoms with Gasteiger partial charge in [-0.25, -0.2) is 0 Å². The number of hydrogen-bond acceptors (Lipinski definition) is 4. The molecule has 1 rings (SSSR count). The molecule has 0 saturated heterocycles.